The summed E-state index contributed by atoms with van der Waals surface area (Å²) >= 11 is 5.36. The minimum absolute atomic E-state index is 0.159. The van der Waals surface area contributed by atoms with E-state index in [-0.39, 0.29) is 6.54 Å². The van der Waals surface area contributed by atoms with Gasteiger partial charge in [-0.2, -0.15) is 0 Å². The molecule has 0 spiro atoms. The molecule has 4 heteroatoms. The zero-order chi connectivity index (χ0) is 7.28. The van der Waals surface area contributed by atoms with Crippen molar-refractivity contribution in [2.24, 2.45) is 0 Å². The van der Waals surface area contributed by atoms with Crippen molar-refractivity contribution in [3.8, 4) is 0 Å². The molecule has 0 radical (unpaired) electrons. The van der Waals surface area contributed by atoms with Gasteiger partial charge in [0.1, 0.15) is 6.54 Å². The van der Waals surface area contributed by atoms with Crippen molar-refractivity contribution in [2.75, 3.05) is 13.1 Å². The van der Waals surface area contributed by atoms with Gasteiger partial charge in [0.2, 0.25) is 0 Å². The summed E-state index contributed by atoms with van der Waals surface area (Å²) < 4.78 is 1.13. The summed E-state index contributed by atoms with van der Waals surface area (Å²) in [6.45, 7) is 3.61. The fourth-order valence-electron chi connectivity index (χ4n) is 0.351. The van der Waals surface area contributed by atoms with E-state index in [4.69, 9.17) is 16.9 Å². The predicted molar refractivity (Wildman–Crippen MR) is 35.3 cm³/mol. The van der Waals surface area contributed by atoms with Crippen molar-refractivity contribution in [1.29, 1.82) is 0 Å². The maximum atomic E-state index is 9.92. The Morgan fingerprint density at radius 1 is 1.89 bits per heavy atom. The molecular weight excluding hydrogens is 142 g/mol. The first kappa shape index (κ1) is 8.46. The lowest BCUT2D eigenvalue weighted by Gasteiger charge is -2.05. The molecule has 0 aromatic carbocycles. The smallest absolute Gasteiger partial charge is 0.319 e. The molecule has 0 saturated carbocycles. The van der Waals surface area contributed by atoms with Crippen LogP contribution in [0.1, 0.15) is 0 Å². The maximum Gasteiger partial charge on any atom is 0.319 e. The molecule has 0 saturated heterocycles. The molecule has 0 aliphatic carbocycles. The fraction of sp³-hybridized carbons (Fsp3) is 0.400. The molecule has 0 aliphatic heterocycles. The van der Waals surface area contributed by atoms with E-state index in [0.717, 1.165) is 4.42 Å². The van der Waals surface area contributed by atoms with Gasteiger partial charge in [-0.15, -0.1) is 6.58 Å². The zero-order valence-electron chi connectivity index (χ0n) is 4.88. The molecule has 0 heterocycles. The van der Waals surface area contributed by atoms with Crippen LogP contribution in [0, 0.1) is 0 Å². The van der Waals surface area contributed by atoms with Crippen LogP contribution in [-0.4, -0.2) is 28.6 Å². The molecule has 0 atom stereocenters. The third-order valence-electron chi connectivity index (χ3n) is 0.634. The molecule has 0 amide bonds. The molecule has 0 unspecified atom stereocenters. The highest BCUT2D eigenvalue weighted by atomic mass is 35.5. The van der Waals surface area contributed by atoms with Gasteiger partial charge in [-0.1, -0.05) is 6.08 Å². The third-order valence-corrected chi connectivity index (χ3v) is 0.892. The number of rotatable bonds is 4. The lowest BCUT2D eigenvalue weighted by atomic mass is 10.6. The minimum atomic E-state index is -0.938. The average molecular weight is 150 g/mol. The van der Waals surface area contributed by atoms with E-state index >= 15 is 0 Å². The second-order valence-corrected chi connectivity index (χ2v) is 1.96. The highest BCUT2D eigenvalue weighted by Crippen LogP contribution is 1.91. The largest absolute Gasteiger partial charge is 0.480 e. The molecule has 3 nitrogen and oxygen atoms in total. The van der Waals surface area contributed by atoms with Crippen LogP contribution in [-0.2, 0) is 4.79 Å². The van der Waals surface area contributed by atoms with E-state index in [1.54, 1.807) is 0 Å². The first-order chi connectivity index (χ1) is 4.16. The maximum absolute atomic E-state index is 9.92. The SMILES string of the molecule is C=CCN(Cl)CC(=O)O. The molecule has 0 bridgehead atoms. The van der Waals surface area contributed by atoms with Crippen LogP contribution in [0.2, 0.25) is 0 Å². The molecule has 0 fully saturated rings. The molecule has 0 aromatic rings. The minimum Gasteiger partial charge on any atom is -0.480 e. The Bertz CT molecular complexity index is 116. The van der Waals surface area contributed by atoms with Crippen LogP contribution in [0.15, 0.2) is 12.7 Å². The van der Waals surface area contributed by atoms with Crippen molar-refractivity contribution in [3.63, 3.8) is 0 Å². The van der Waals surface area contributed by atoms with Gasteiger partial charge in [-0.25, -0.2) is 4.42 Å². The van der Waals surface area contributed by atoms with E-state index in [2.05, 4.69) is 6.58 Å². The normalized spacial score (nSPS) is 9.56. The van der Waals surface area contributed by atoms with E-state index < -0.39 is 5.97 Å². The number of aliphatic carboxylic acids is 1. The van der Waals surface area contributed by atoms with Crippen molar-refractivity contribution in [2.45, 2.75) is 0 Å². The molecule has 52 valence electrons. The molecule has 0 rings (SSSR count). The second-order valence-electron chi connectivity index (χ2n) is 1.49. The number of carbonyl (C=O) groups is 1. The van der Waals surface area contributed by atoms with E-state index in [1.165, 1.54) is 6.08 Å². The number of hydrogen-bond acceptors (Lipinski definition) is 2. The lowest BCUT2D eigenvalue weighted by molar-refractivity contribution is -0.137. The number of carboxylic acids is 1. The van der Waals surface area contributed by atoms with Crippen LogP contribution in [0.4, 0.5) is 0 Å². The summed E-state index contributed by atoms with van der Waals surface area (Å²) in [4.78, 5) is 9.92. The number of halogens is 1. The van der Waals surface area contributed by atoms with Crippen LogP contribution < -0.4 is 0 Å². The standard InChI is InChI=1S/C5H8ClNO2/c1-2-3-7(6)4-5(8)9/h2H,1,3-4H2,(H,8,9). The zero-order valence-corrected chi connectivity index (χ0v) is 5.64. The van der Waals surface area contributed by atoms with Gasteiger partial charge in [-0.3, -0.25) is 4.79 Å². The van der Waals surface area contributed by atoms with Crippen LogP contribution in [0.25, 0.3) is 0 Å². The Morgan fingerprint density at radius 3 is 2.78 bits per heavy atom. The summed E-state index contributed by atoms with van der Waals surface area (Å²) in [6.07, 6.45) is 1.54. The van der Waals surface area contributed by atoms with Gasteiger partial charge < -0.3 is 5.11 Å². The van der Waals surface area contributed by atoms with Gasteiger partial charge in [0, 0.05) is 6.54 Å². The van der Waals surface area contributed by atoms with E-state index in [1.807, 2.05) is 0 Å². The van der Waals surface area contributed by atoms with Crippen LogP contribution >= 0.6 is 11.8 Å². The van der Waals surface area contributed by atoms with Crippen molar-refractivity contribution < 1.29 is 9.90 Å². The average Bonchev–Trinajstić information content (AvgIpc) is 1.63. The topological polar surface area (TPSA) is 40.5 Å². The number of nitrogens with zero attached hydrogens (tertiary/aromatic N) is 1. The van der Waals surface area contributed by atoms with Crippen molar-refractivity contribution in [1.82, 2.24) is 4.42 Å². The molecule has 0 aromatic heterocycles. The van der Waals surface area contributed by atoms with Gasteiger partial charge >= 0.3 is 5.97 Å². The summed E-state index contributed by atoms with van der Waals surface area (Å²) in [5.41, 5.74) is 0. The van der Waals surface area contributed by atoms with Gasteiger partial charge in [-0.05, 0) is 11.8 Å². The Kier molecular flexibility index (Phi) is 4.09. The molecule has 0 aliphatic rings. The van der Waals surface area contributed by atoms with Crippen LogP contribution in [0.5, 0.6) is 0 Å². The fourth-order valence-corrected chi connectivity index (χ4v) is 0.551. The summed E-state index contributed by atoms with van der Waals surface area (Å²) in [5, 5.41) is 8.15. The first-order valence-electron chi connectivity index (χ1n) is 2.40. The van der Waals surface area contributed by atoms with Gasteiger partial charge in [0.15, 0.2) is 0 Å². The molecule has 1 N–H and O–H groups in total. The Balaban J connectivity index is 3.37. The van der Waals surface area contributed by atoms with Crippen molar-refractivity contribution >= 4 is 17.7 Å². The Morgan fingerprint density at radius 2 is 2.44 bits per heavy atom. The third kappa shape index (κ3) is 5.33. The first-order valence-corrected chi connectivity index (χ1v) is 2.74. The Hall–Kier alpha value is -0.540. The van der Waals surface area contributed by atoms with Gasteiger partial charge in [0.25, 0.3) is 0 Å². The van der Waals surface area contributed by atoms with Crippen molar-refractivity contribution in [3.05, 3.63) is 12.7 Å². The Labute approximate surface area is 58.6 Å². The van der Waals surface area contributed by atoms with E-state index in [9.17, 15) is 4.79 Å². The van der Waals surface area contributed by atoms with Crippen LogP contribution in [0.3, 0.4) is 0 Å². The summed E-state index contributed by atoms with van der Waals surface area (Å²) in [6, 6.07) is 0. The highest BCUT2D eigenvalue weighted by Gasteiger charge is 2.02. The predicted octanol–water partition coefficient (Wildman–Crippen LogP) is 0.713. The number of carboxylic acid groups (broad SMARTS) is 1. The lowest BCUT2D eigenvalue weighted by Crippen LogP contribution is -2.20. The molecular formula is C5H8ClNO2. The highest BCUT2D eigenvalue weighted by molar-refractivity contribution is 6.14. The van der Waals surface area contributed by atoms with E-state index in [0.29, 0.717) is 6.54 Å². The summed E-state index contributed by atoms with van der Waals surface area (Å²) in [7, 11) is 0. The monoisotopic (exact) mass is 149 g/mol. The van der Waals surface area contributed by atoms with Gasteiger partial charge in [0.05, 0.1) is 0 Å². The summed E-state index contributed by atoms with van der Waals surface area (Å²) in [5.74, 6) is -0.938. The number of hydrogen-bond donors (Lipinski definition) is 1. The molecule has 9 heavy (non-hydrogen) atoms. The quantitative estimate of drug-likeness (QED) is 0.473. The second kappa shape index (κ2) is 4.35.